The molecule has 0 spiro atoms. The standard InChI is InChI=1S/C25H17NO4/c27-20-5-1-18-13-22(7-3-16(18)11-20)29-24-9-10-25(26-15-24)30-23-8-4-17-12-21(28)6-2-19(17)14-23/h1-15,27-28H. The SMILES string of the molecule is Oc1ccc2cc(Oc3ccc(Oc4ccc5cc(O)ccc5c4)nc3)ccc2c1. The first-order valence-corrected chi connectivity index (χ1v) is 9.40. The molecule has 1 heterocycles. The molecule has 5 aromatic rings. The molecular formula is C25H17NO4. The Balaban J connectivity index is 1.32. The maximum absolute atomic E-state index is 9.57. The highest BCUT2D eigenvalue weighted by molar-refractivity contribution is 5.86. The van der Waals surface area contributed by atoms with Crippen LogP contribution in [-0.4, -0.2) is 15.2 Å². The normalized spacial score (nSPS) is 10.9. The summed E-state index contributed by atoms with van der Waals surface area (Å²) in [4.78, 5) is 4.32. The van der Waals surface area contributed by atoms with E-state index < -0.39 is 0 Å². The lowest BCUT2D eigenvalue weighted by Gasteiger charge is -2.09. The van der Waals surface area contributed by atoms with E-state index in [9.17, 15) is 10.2 Å². The number of aromatic hydroxyl groups is 2. The molecule has 30 heavy (non-hydrogen) atoms. The van der Waals surface area contributed by atoms with Gasteiger partial charge in [-0.25, -0.2) is 4.98 Å². The number of pyridine rings is 1. The van der Waals surface area contributed by atoms with E-state index in [-0.39, 0.29) is 11.5 Å². The van der Waals surface area contributed by atoms with Crippen LogP contribution in [0.25, 0.3) is 21.5 Å². The van der Waals surface area contributed by atoms with Crippen LogP contribution in [-0.2, 0) is 0 Å². The first kappa shape index (κ1) is 17.8. The molecule has 5 rings (SSSR count). The molecular weight excluding hydrogens is 378 g/mol. The zero-order valence-electron chi connectivity index (χ0n) is 15.8. The smallest absolute Gasteiger partial charge is 0.219 e. The maximum atomic E-state index is 9.57. The summed E-state index contributed by atoms with van der Waals surface area (Å²) in [5.74, 6) is 2.86. The Morgan fingerprint density at radius 3 is 1.57 bits per heavy atom. The molecule has 0 aliphatic rings. The predicted molar refractivity (Wildman–Crippen MR) is 116 cm³/mol. The third kappa shape index (κ3) is 3.69. The van der Waals surface area contributed by atoms with E-state index in [1.54, 1.807) is 42.6 Å². The summed E-state index contributed by atoms with van der Waals surface area (Å²) in [5, 5.41) is 23.0. The van der Waals surface area contributed by atoms with Gasteiger partial charge < -0.3 is 19.7 Å². The van der Waals surface area contributed by atoms with Gasteiger partial charge in [0.05, 0.1) is 6.20 Å². The van der Waals surface area contributed by atoms with Crippen LogP contribution in [0.15, 0.2) is 91.1 Å². The Hall–Kier alpha value is -4.25. The molecule has 0 atom stereocenters. The molecule has 0 saturated carbocycles. The fourth-order valence-electron chi connectivity index (χ4n) is 3.29. The highest BCUT2D eigenvalue weighted by Crippen LogP contribution is 2.30. The molecule has 1 aromatic heterocycles. The summed E-state index contributed by atoms with van der Waals surface area (Å²) in [5.41, 5.74) is 0. The molecule has 0 aliphatic carbocycles. The lowest BCUT2D eigenvalue weighted by atomic mass is 10.1. The maximum Gasteiger partial charge on any atom is 0.219 e. The fraction of sp³-hybridized carbons (Fsp3) is 0. The Morgan fingerprint density at radius 1 is 0.500 bits per heavy atom. The Labute approximate surface area is 172 Å². The average Bonchev–Trinajstić information content (AvgIpc) is 2.75. The second-order valence-corrected chi connectivity index (χ2v) is 6.92. The number of phenolic OH excluding ortho intramolecular Hbond substituents is 2. The Morgan fingerprint density at radius 2 is 1.00 bits per heavy atom. The summed E-state index contributed by atoms with van der Waals surface area (Å²) >= 11 is 0. The summed E-state index contributed by atoms with van der Waals surface area (Å²) in [6.07, 6.45) is 1.61. The highest BCUT2D eigenvalue weighted by atomic mass is 16.5. The third-order valence-corrected chi connectivity index (χ3v) is 4.76. The summed E-state index contributed by atoms with van der Waals surface area (Å²) in [6.45, 7) is 0. The van der Waals surface area contributed by atoms with Crippen molar-refractivity contribution in [2.45, 2.75) is 0 Å². The van der Waals surface area contributed by atoms with Crippen molar-refractivity contribution >= 4 is 21.5 Å². The van der Waals surface area contributed by atoms with E-state index in [0.29, 0.717) is 23.1 Å². The van der Waals surface area contributed by atoms with Gasteiger partial charge in [0.25, 0.3) is 0 Å². The monoisotopic (exact) mass is 395 g/mol. The van der Waals surface area contributed by atoms with Crippen LogP contribution in [0.5, 0.6) is 34.6 Å². The van der Waals surface area contributed by atoms with Crippen LogP contribution in [0.1, 0.15) is 0 Å². The number of nitrogens with zero attached hydrogens (tertiary/aromatic N) is 1. The van der Waals surface area contributed by atoms with E-state index in [4.69, 9.17) is 9.47 Å². The van der Waals surface area contributed by atoms with Gasteiger partial charge in [-0.15, -0.1) is 0 Å². The number of fused-ring (bicyclic) bond motifs is 2. The number of hydrogen-bond acceptors (Lipinski definition) is 5. The molecule has 0 aliphatic heterocycles. The molecule has 146 valence electrons. The summed E-state index contributed by atoms with van der Waals surface area (Å²) in [7, 11) is 0. The molecule has 0 fully saturated rings. The van der Waals surface area contributed by atoms with Crippen molar-refractivity contribution in [1.29, 1.82) is 0 Å². The minimum Gasteiger partial charge on any atom is -0.508 e. The van der Waals surface area contributed by atoms with Crippen molar-refractivity contribution in [3.05, 3.63) is 91.1 Å². The van der Waals surface area contributed by atoms with Gasteiger partial charge in [0.1, 0.15) is 28.7 Å². The van der Waals surface area contributed by atoms with E-state index in [0.717, 1.165) is 21.5 Å². The van der Waals surface area contributed by atoms with E-state index in [2.05, 4.69) is 4.98 Å². The van der Waals surface area contributed by atoms with Crippen molar-refractivity contribution in [3.8, 4) is 34.6 Å². The zero-order valence-corrected chi connectivity index (χ0v) is 15.8. The molecule has 2 N–H and O–H groups in total. The first-order chi connectivity index (χ1) is 14.6. The van der Waals surface area contributed by atoms with Gasteiger partial charge in [0.15, 0.2) is 0 Å². The van der Waals surface area contributed by atoms with Crippen molar-refractivity contribution in [3.63, 3.8) is 0 Å². The van der Waals surface area contributed by atoms with Gasteiger partial charge in [0, 0.05) is 6.07 Å². The lowest BCUT2D eigenvalue weighted by molar-refractivity contribution is 0.451. The molecule has 5 heteroatoms. The Kier molecular flexibility index (Phi) is 4.33. The number of rotatable bonds is 4. The van der Waals surface area contributed by atoms with Gasteiger partial charge in [-0.2, -0.15) is 0 Å². The fourth-order valence-corrected chi connectivity index (χ4v) is 3.29. The first-order valence-electron chi connectivity index (χ1n) is 9.40. The van der Waals surface area contributed by atoms with Crippen LogP contribution >= 0.6 is 0 Å². The van der Waals surface area contributed by atoms with Gasteiger partial charge in [-0.05, 0) is 76.1 Å². The van der Waals surface area contributed by atoms with E-state index in [1.807, 2.05) is 48.5 Å². The molecule has 0 bridgehead atoms. The van der Waals surface area contributed by atoms with Crippen LogP contribution in [0.2, 0.25) is 0 Å². The number of phenols is 2. The molecule has 0 radical (unpaired) electrons. The minimum atomic E-state index is 0.234. The quantitative estimate of drug-likeness (QED) is 0.369. The van der Waals surface area contributed by atoms with E-state index >= 15 is 0 Å². The topological polar surface area (TPSA) is 71.8 Å². The highest BCUT2D eigenvalue weighted by Gasteiger charge is 2.05. The van der Waals surface area contributed by atoms with Crippen molar-refractivity contribution in [1.82, 2.24) is 4.98 Å². The number of aromatic nitrogens is 1. The Bertz CT molecular complexity index is 1260. The van der Waals surface area contributed by atoms with Gasteiger partial charge in [0.2, 0.25) is 5.88 Å². The van der Waals surface area contributed by atoms with Gasteiger partial charge >= 0.3 is 0 Å². The molecule has 0 saturated heterocycles. The van der Waals surface area contributed by atoms with Crippen molar-refractivity contribution in [2.75, 3.05) is 0 Å². The second kappa shape index (κ2) is 7.29. The molecule has 0 unspecified atom stereocenters. The third-order valence-electron chi connectivity index (χ3n) is 4.76. The number of ether oxygens (including phenoxy) is 2. The summed E-state index contributed by atoms with van der Waals surface area (Å²) in [6, 6.07) is 25.2. The van der Waals surface area contributed by atoms with Crippen LogP contribution in [0.3, 0.4) is 0 Å². The van der Waals surface area contributed by atoms with Crippen LogP contribution < -0.4 is 9.47 Å². The molecule has 0 amide bonds. The van der Waals surface area contributed by atoms with Crippen LogP contribution in [0, 0.1) is 0 Å². The zero-order chi connectivity index (χ0) is 20.5. The molecule has 4 aromatic carbocycles. The molecule has 5 nitrogen and oxygen atoms in total. The number of hydrogen-bond donors (Lipinski definition) is 2. The van der Waals surface area contributed by atoms with Crippen molar-refractivity contribution < 1.29 is 19.7 Å². The van der Waals surface area contributed by atoms with Gasteiger partial charge in [-0.3, -0.25) is 0 Å². The second-order valence-electron chi connectivity index (χ2n) is 6.92. The van der Waals surface area contributed by atoms with E-state index in [1.165, 1.54) is 0 Å². The van der Waals surface area contributed by atoms with Gasteiger partial charge in [-0.1, -0.05) is 24.3 Å². The number of benzene rings is 4. The lowest BCUT2D eigenvalue weighted by Crippen LogP contribution is -1.90. The predicted octanol–water partition coefficient (Wildman–Crippen LogP) is 6.38. The summed E-state index contributed by atoms with van der Waals surface area (Å²) < 4.78 is 11.7. The minimum absolute atomic E-state index is 0.234. The van der Waals surface area contributed by atoms with Crippen LogP contribution in [0.4, 0.5) is 0 Å². The van der Waals surface area contributed by atoms with Crippen molar-refractivity contribution in [2.24, 2.45) is 0 Å². The average molecular weight is 395 g/mol. The largest absolute Gasteiger partial charge is 0.508 e.